The Morgan fingerprint density at radius 3 is 2.89 bits per heavy atom. The number of ether oxygens (including phenoxy) is 1. The topological polar surface area (TPSA) is 47.3 Å². The summed E-state index contributed by atoms with van der Waals surface area (Å²) in [4.78, 5) is 1.10. The summed E-state index contributed by atoms with van der Waals surface area (Å²) < 4.78 is 7.88. The summed E-state index contributed by atoms with van der Waals surface area (Å²) in [5.74, 6) is 1.15. The zero-order chi connectivity index (χ0) is 13.8. The minimum atomic E-state index is -0.625. The molecule has 2 rings (SSSR count). The lowest BCUT2D eigenvalue weighted by molar-refractivity contribution is 0.188. The molecular weight excluding hydrogens is 328 g/mol. The Bertz CT molecular complexity index is 559. The first-order valence-corrected chi connectivity index (χ1v) is 7.52. The van der Waals surface area contributed by atoms with E-state index < -0.39 is 6.10 Å². The Labute approximate surface area is 124 Å². The number of nitrogens with zero attached hydrogens (tertiary/aromatic N) is 2. The van der Waals surface area contributed by atoms with Crippen molar-refractivity contribution in [1.29, 1.82) is 0 Å². The molecule has 0 radical (unpaired) electrons. The monoisotopic (exact) mass is 342 g/mol. The predicted molar refractivity (Wildman–Crippen MR) is 79.6 cm³/mol. The molecule has 1 heterocycles. The molecule has 0 spiro atoms. The van der Waals surface area contributed by atoms with Gasteiger partial charge in [0.15, 0.2) is 5.75 Å². The Morgan fingerprint density at radius 2 is 2.21 bits per heavy atom. The van der Waals surface area contributed by atoms with E-state index in [0.29, 0.717) is 17.2 Å². The number of methoxy groups -OCH3 is 1. The van der Waals surface area contributed by atoms with Crippen LogP contribution in [0.3, 0.4) is 0 Å². The average Bonchev–Trinajstić information content (AvgIpc) is 2.78. The van der Waals surface area contributed by atoms with Crippen molar-refractivity contribution >= 4 is 27.7 Å². The summed E-state index contributed by atoms with van der Waals surface area (Å²) in [6.07, 6.45) is 0.987. The predicted octanol–water partition coefficient (Wildman–Crippen LogP) is 3.02. The molecule has 0 fully saturated rings. The normalized spacial score (nSPS) is 12.4. The van der Waals surface area contributed by atoms with Crippen LogP contribution in [0.4, 0.5) is 0 Å². The third kappa shape index (κ3) is 3.32. The Kier molecular flexibility index (Phi) is 4.90. The number of hydrogen-bond donors (Lipinski definition) is 1. The highest BCUT2D eigenvalue weighted by Gasteiger charge is 2.18. The van der Waals surface area contributed by atoms with Gasteiger partial charge in [0.2, 0.25) is 0 Å². The van der Waals surface area contributed by atoms with E-state index in [4.69, 9.17) is 4.74 Å². The maximum Gasteiger partial charge on any atom is 0.162 e. The quantitative estimate of drug-likeness (QED) is 0.848. The first-order chi connectivity index (χ1) is 9.13. The molecule has 0 aliphatic rings. The van der Waals surface area contributed by atoms with Gasteiger partial charge in [-0.05, 0) is 28.1 Å². The van der Waals surface area contributed by atoms with Crippen molar-refractivity contribution in [2.45, 2.75) is 11.0 Å². The second-order valence-corrected chi connectivity index (χ2v) is 5.90. The largest absolute Gasteiger partial charge is 0.493 e. The van der Waals surface area contributed by atoms with Gasteiger partial charge in [0.1, 0.15) is 11.8 Å². The van der Waals surface area contributed by atoms with Crippen molar-refractivity contribution < 1.29 is 9.84 Å². The number of aromatic nitrogens is 2. The fourth-order valence-corrected chi connectivity index (χ4v) is 3.28. The molecule has 1 aromatic carbocycles. The minimum absolute atomic E-state index is 0.540. The third-order valence-electron chi connectivity index (χ3n) is 2.72. The molecule has 102 valence electrons. The summed E-state index contributed by atoms with van der Waals surface area (Å²) in [6.45, 7) is 0. The van der Waals surface area contributed by atoms with Crippen molar-refractivity contribution in [2.75, 3.05) is 12.9 Å². The highest BCUT2D eigenvalue weighted by Crippen LogP contribution is 2.32. The SMILES string of the molecule is COc1cnn(C)c1C(O)CSc1ccccc1Br. The standard InChI is InChI=1S/C13H15BrN2O2S/c1-16-13(11(18-2)7-15-16)10(17)8-19-12-6-4-3-5-9(12)14/h3-7,10,17H,8H2,1-2H3. The molecule has 0 bridgehead atoms. The molecule has 0 amide bonds. The van der Waals surface area contributed by atoms with Crippen LogP contribution < -0.4 is 4.74 Å². The molecule has 4 nitrogen and oxygen atoms in total. The van der Waals surface area contributed by atoms with Gasteiger partial charge in [-0.25, -0.2) is 0 Å². The number of benzene rings is 1. The van der Waals surface area contributed by atoms with Crippen LogP contribution in [0, 0.1) is 0 Å². The van der Waals surface area contributed by atoms with Crippen LogP contribution in [-0.2, 0) is 7.05 Å². The van der Waals surface area contributed by atoms with E-state index in [9.17, 15) is 5.11 Å². The van der Waals surface area contributed by atoms with E-state index in [1.807, 2.05) is 24.3 Å². The van der Waals surface area contributed by atoms with E-state index in [-0.39, 0.29) is 0 Å². The molecule has 0 aliphatic carbocycles. The molecule has 1 unspecified atom stereocenters. The summed E-state index contributed by atoms with van der Waals surface area (Å²) in [7, 11) is 3.37. The average molecular weight is 343 g/mol. The van der Waals surface area contributed by atoms with E-state index in [1.54, 1.807) is 36.8 Å². The van der Waals surface area contributed by atoms with Crippen LogP contribution >= 0.6 is 27.7 Å². The minimum Gasteiger partial charge on any atom is -0.493 e. The summed E-state index contributed by atoms with van der Waals surface area (Å²) in [5, 5.41) is 14.4. The first kappa shape index (κ1) is 14.4. The number of hydrogen-bond acceptors (Lipinski definition) is 4. The van der Waals surface area contributed by atoms with Gasteiger partial charge in [0.25, 0.3) is 0 Å². The molecule has 2 aromatic rings. The van der Waals surface area contributed by atoms with Crippen LogP contribution in [0.15, 0.2) is 39.8 Å². The van der Waals surface area contributed by atoms with Gasteiger partial charge >= 0.3 is 0 Å². The van der Waals surface area contributed by atoms with Crippen molar-refractivity contribution in [1.82, 2.24) is 9.78 Å². The van der Waals surface area contributed by atoms with Crippen LogP contribution in [-0.4, -0.2) is 27.7 Å². The Morgan fingerprint density at radius 1 is 1.47 bits per heavy atom. The molecule has 1 aromatic heterocycles. The van der Waals surface area contributed by atoms with Crippen LogP contribution in [0.2, 0.25) is 0 Å². The molecule has 19 heavy (non-hydrogen) atoms. The second kappa shape index (κ2) is 6.45. The zero-order valence-corrected chi connectivity index (χ0v) is 13.1. The van der Waals surface area contributed by atoms with Gasteiger partial charge < -0.3 is 9.84 Å². The number of aliphatic hydroxyl groups excluding tert-OH is 1. The summed E-state index contributed by atoms with van der Waals surface area (Å²) in [6, 6.07) is 7.94. The van der Waals surface area contributed by atoms with Crippen molar-refractivity contribution in [3.8, 4) is 5.75 Å². The highest BCUT2D eigenvalue weighted by molar-refractivity contribution is 9.10. The number of rotatable bonds is 5. The molecule has 0 saturated carbocycles. The summed E-state index contributed by atoms with van der Waals surface area (Å²) in [5.41, 5.74) is 0.696. The molecule has 1 N–H and O–H groups in total. The molecule has 6 heteroatoms. The van der Waals surface area contributed by atoms with E-state index in [1.165, 1.54) is 0 Å². The van der Waals surface area contributed by atoms with E-state index in [2.05, 4.69) is 21.0 Å². The number of aryl methyl sites for hydroxylation is 1. The number of aliphatic hydroxyl groups is 1. The van der Waals surface area contributed by atoms with Crippen LogP contribution in [0.1, 0.15) is 11.8 Å². The van der Waals surface area contributed by atoms with Gasteiger partial charge in [-0.15, -0.1) is 11.8 Å². The lowest BCUT2D eigenvalue weighted by atomic mass is 10.2. The zero-order valence-electron chi connectivity index (χ0n) is 10.7. The summed E-state index contributed by atoms with van der Waals surface area (Å²) >= 11 is 5.08. The molecule has 0 aliphatic heterocycles. The highest BCUT2D eigenvalue weighted by atomic mass is 79.9. The second-order valence-electron chi connectivity index (χ2n) is 3.98. The number of thioether (sulfide) groups is 1. The molecule has 0 saturated heterocycles. The maximum atomic E-state index is 10.3. The maximum absolute atomic E-state index is 10.3. The van der Waals surface area contributed by atoms with E-state index >= 15 is 0 Å². The first-order valence-electron chi connectivity index (χ1n) is 5.74. The molecule has 1 atom stereocenters. The third-order valence-corrected chi connectivity index (χ3v) is 4.82. The molecular formula is C13H15BrN2O2S. The van der Waals surface area contributed by atoms with Gasteiger partial charge in [-0.2, -0.15) is 5.10 Å². The van der Waals surface area contributed by atoms with Crippen LogP contribution in [0.5, 0.6) is 5.75 Å². The van der Waals surface area contributed by atoms with Crippen molar-refractivity contribution in [2.24, 2.45) is 7.05 Å². The van der Waals surface area contributed by atoms with E-state index in [0.717, 1.165) is 9.37 Å². The lowest BCUT2D eigenvalue weighted by Gasteiger charge is -2.13. The smallest absolute Gasteiger partial charge is 0.162 e. The Hall–Kier alpha value is -0.980. The van der Waals surface area contributed by atoms with Gasteiger partial charge in [-0.3, -0.25) is 4.68 Å². The van der Waals surface area contributed by atoms with Crippen LogP contribution in [0.25, 0.3) is 0 Å². The van der Waals surface area contributed by atoms with Gasteiger partial charge in [-0.1, -0.05) is 12.1 Å². The lowest BCUT2D eigenvalue weighted by Crippen LogP contribution is -2.08. The van der Waals surface area contributed by atoms with Crippen molar-refractivity contribution in [3.05, 3.63) is 40.6 Å². The fourth-order valence-electron chi connectivity index (χ4n) is 1.77. The fraction of sp³-hybridized carbons (Fsp3) is 0.308. The van der Waals surface area contributed by atoms with Crippen molar-refractivity contribution in [3.63, 3.8) is 0 Å². The number of halogens is 1. The van der Waals surface area contributed by atoms with Gasteiger partial charge in [0, 0.05) is 22.2 Å². The Balaban J connectivity index is 2.07. The van der Waals surface area contributed by atoms with Gasteiger partial charge in [0.05, 0.1) is 13.3 Å².